The first-order valence-electron chi connectivity index (χ1n) is 8.07. The van der Waals surface area contributed by atoms with Gasteiger partial charge in [-0.25, -0.2) is 9.59 Å². The van der Waals surface area contributed by atoms with Crippen molar-refractivity contribution in [3.8, 4) is 0 Å². The van der Waals surface area contributed by atoms with Crippen LogP contribution in [0.4, 0.5) is 9.59 Å². The Labute approximate surface area is 136 Å². The number of nitrogens with zero attached hydrogens (tertiary/aromatic N) is 1. The van der Waals surface area contributed by atoms with Crippen LogP contribution in [-0.2, 0) is 11.3 Å². The Balaban J connectivity index is 1.52. The van der Waals surface area contributed by atoms with Crippen LogP contribution in [-0.4, -0.2) is 41.8 Å². The molecule has 1 aromatic carbocycles. The van der Waals surface area contributed by atoms with Crippen molar-refractivity contribution >= 4 is 12.2 Å². The molecular weight excluding hydrogens is 296 g/mol. The zero-order chi connectivity index (χ0) is 16.5. The lowest BCUT2D eigenvalue weighted by Gasteiger charge is -2.29. The van der Waals surface area contributed by atoms with E-state index in [0.717, 1.165) is 31.2 Å². The normalized spacial score (nSPS) is 15.2. The maximum atomic E-state index is 11.6. The number of alkyl carbamates (subject to hydrolysis) is 1. The molecular formula is C17H24N2O4. The van der Waals surface area contributed by atoms with Gasteiger partial charge < -0.3 is 20.1 Å². The highest BCUT2D eigenvalue weighted by Gasteiger charge is 2.21. The van der Waals surface area contributed by atoms with Gasteiger partial charge in [0.1, 0.15) is 6.61 Å². The number of amides is 2. The first kappa shape index (κ1) is 17.1. The summed E-state index contributed by atoms with van der Waals surface area (Å²) in [6, 6.07) is 9.57. The van der Waals surface area contributed by atoms with Gasteiger partial charge in [-0.2, -0.15) is 0 Å². The molecule has 1 fully saturated rings. The predicted molar refractivity (Wildman–Crippen MR) is 86.2 cm³/mol. The van der Waals surface area contributed by atoms with Crippen molar-refractivity contribution < 1.29 is 19.4 Å². The van der Waals surface area contributed by atoms with Crippen LogP contribution in [0.1, 0.15) is 31.2 Å². The molecule has 0 radical (unpaired) electrons. The summed E-state index contributed by atoms with van der Waals surface area (Å²) in [5.74, 6) is 0.549. The summed E-state index contributed by atoms with van der Waals surface area (Å²) in [4.78, 5) is 23.9. The average Bonchev–Trinajstić information content (AvgIpc) is 2.58. The molecule has 6 heteroatoms. The molecule has 0 aliphatic carbocycles. The highest BCUT2D eigenvalue weighted by atomic mass is 16.5. The zero-order valence-corrected chi connectivity index (χ0v) is 13.2. The van der Waals surface area contributed by atoms with E-state index in [1.54, 1.807) is 0 Å². The maximum absolute atomic E-state index is 11.6. The van der Waals surface area contributed by atoms with E-state index in [-0.39, 0.29) is 6.61 Å². The highest BCUT2D eigenvalue weighted by molar-refractivity contribution is 5.67. The quantitative estimate of drug-likeness (QED) is 0.790. The van der Waals surface area contributed by atoms with Crippen molar-refractivity contribution in [1.82, 2.24) is 10.2 Å². The molecule has 1 saturated heterocycles. The van der Waals surface area contributed by atoms with Crippen molar-refractivity contribution in [3.05, 3.63) is 35.9 Å². The van der Waals surface area contributed by atoms with Gasteiger partial charge in [-0.1, -0.05) is 30.3 Å². The highest BCUT2D eigenvalue weighted by Crippen LogP contribution is 2.21. The molecule has 2 amide bonds. The largest absolute Gasteiger partial charge is 0.465 e. The van der Waals surface area contributed by atoms with E-state index in [0.29, 0.717) is 25.6 Å². The van der Waals surface area contributed by atoms with E-state index in [1.807, 2.05) is 30.3 Å². The molecule has 126 valence electrons. The average molecular weight is 320 g/mol. The van der Waals surface area contributed by atoms with Crippen molar-refractivity contribution in [1.29, 1.82) is 0 Å². The number of nitrogens with one attached hydrogen (secondary N) is 1. The lowest BCUT2D eigenvalue weighted by molar-refractivity contribution is 0.122. The number of piperidine rings is 1. The third-order valence-electron chi connectivity index (χ3n) is 4.16. The summed E-state index contributed by atoms with van der Waals surface area (Å²) in [5.41, 5.74) is 0.966. The van der Waals surface area contributed by atoms with Crippen LogP contribution in [0.2, 0.25) is 0 Å². The monoisotopic (exact) mass is 320 g/mol. The number of carboxylic acid groups (broad SMARTS) is 1. The fourth-order valence-corrected chi connectivity index (χ4v) is 2.77. The van der Waals surface area contributed by atoms with E-state index in [9.17, 15) is 9.59 Å². The molecule has 1 aliphatic heterocycles. The van der Waals surface area contributed by atoms with Crippen LogP contribution in [0.15, 0.2) is 30.3 Å². The van der Waals surface area contributed by atoms with Crippen molar-refractivity contribution in [2.75, 3.05) is 19.6 Å². The first-order valence-corrected chi connectivity index (χ1v) is 8.07. The SMILES string of the molecule is O=C(NCCCC1CCN(C(=O)O)CC1)OCc1ccccc1. The number of likely N-dealkylation sites (tertiary alicyclic amines) is 1. The third-order valence-corrected chi connectivity index (χ3v) is 4.16. The second-order valence-electron chi connectivity index (χ2n) is 5.84. The Morgan fingerprint density at radius 2 is 1.91 bits per heavy atom. The van der Waals surface area contributed by atoms with E-state index in [2.05, 4.69) is 5.32 Å². The number of hydrogen-bond donors (Lipinski definition) is 2. The van der Waals surface area contributed by atoms with Gasteiger partial charge in [-0.15, -0.1) is 0 Å². The number of benzene rings is 1. The molecule has 1 heterocycles. The van der Waals surface area contributed by atoms with Crippen LogP contribution < -0.4 is 5.32 Å². The second-order valence-corrected chi connectivity index (χ2v) is 5.84. The van der Waals surface area contributed by atoms with E-state index in [4.69, 9.17) is 9.84 Å². The molecule has 1 aromatic rings. The van der Waals surface area contributed by atoms with E-state index in [1.165, 1.54) is 4.90 Å². The topological polar surface area (TPSA) is 78.9 Å². The van der Waals surface area contributed by atoms with E-state index < -0.39 is 12.2 Å². The van der Waals surface area contributed by atoms with Crippen LogP contribution in [0, 0.1) is 5.92 Å². The Bertz CT molecular complexity index is 499. The van der Waals surface area contributed by atoms with Gasteiger partial charge in [0.15, 0.2) is 0 Å². The Morgan fingerprint density at radius 3 is 2.57 bits per heavy atom. The summed E-state index contributed by atoms with van der Waals surface area (Å²) in [6.45, 7) is 2.10. The molecule has 0 bridgehead atoms. The Morgan fingerprint density at radius 1 is 1.22 bits per heavy atom. The first-order chi connectivity index (χ1) is 11.1. The van der Waals surface area contributed by atoms with Crippen molar-refractivity contribution in [2.24, 2.45) is 5.92 Å². The number of hydrogen-bond acceptors (Lipinski definition) is 3. The Hall–Kier alpha value is -2.24. The smallest absolute Gasteiger partial charge is 0.407 e. The minimum absolute atomic E-state index is 0.278. The standard InChI is InChI=1S/C17H24N2O4/c20-16(23-13-15-5-2-1-3-6-15)18-10-4-7-14-8-11-19(12-9-14)17(21)22/h1-3,5-6,14H,4,7-13H2,(H,18,20)(H,21,22). The Kier molecular flexibility index (Phi) is 6.72. The summed E-state index contributed by atoms with van der Waals surface area (Å²) in [5, 5.41) is 11.7. The minimum Gasteiger partial charge on any atom is -0.465 e. The van der Waals surface area contributed by atoms with Gasteiger partial charge in [0.05, 0.1) is 0 Å². The van der Waals surface area contributed by atoms with Crippen molar-refractivity contribution in [3.63, 3.8) is 0 Å². The number of rotatable bonds is 6. The molecule has 0 atom stereocenters. The molecule has 0 aromatic heterocycles. The summed E-state index contributed by atoms with van der Waals surface area (Å²) in [6.07, 6.45) is 2.49. The molecule has 6 nitrogen and oxygen atoms in total. The zero-order valence-electron chi connectivity index (χ0n) is 13.2. The fourth-order valence-electron chi connectivity index (χ4n) is 2.77. The lowest BCUT2D eigenvalue weighted by atomic mass is 9.92. The van der Waals surface area contributed by atoms with E-state index >= 15 is 0 Å². The molecule has 2 N–H and O–H groups in total. The third kappa shape index (κ3) is 6.18. The van der Waals surface area contributed by atoms with Gasteiger partial charge in [-0.05, 0) is 37.2 Å². The van der Waals surface area contributed by atoms with Gasteiger partial charge in [0.25, 0.3) is 0 Å². The van der Waals surface area contributed by atoms with Gasteiger partial charge in [0, 0.05) is 19.6 Å². The second kappa shape index (κ2) is 9.02. The molecule has 1 aliphatic rings. The van der Waals surface area contributed by atoms with Crippen molar-refractivity contribution in [2.45, 2.75) is 32.3 Å². The number of carbonyl (C=O) groups excluding carboxylic acids is 1. The summed E-state index contributed by atoms with van der Waals surface area (Å²) < 4.78 is 5.14. The van der Waals surface area contributed by atoms with Gasteiger partial charge >= 0.3 is 12.2 Å². The van der Waals surface area contributed by atoms with Crippen LogP contribution in [0.3, 0.4) is 0 Å². The lowest BCUT2D eigenvalue weighted by Crippen LogP contribution is -2.37. The molecule has 0 saturated carbocycles. The minimum atomic E-state index is -0.828. The van der Waals surface area contributed by atoms with Crippen LogP contribution in [0.5, 0.6) is 0 Å². The fraction of sp³-hybridized carbons (Fsp3) is 0.529. The molecule has 23 heavy (non-hydrogen) atoms. The maximum Gasteiger partial charge on any atom is 0.407 e. The number of carbonyl (C=O) groups is 2. The predicted octanol–water partition coefficient (Wildman–Crippen LogP) is 3.08. The summed E-state index contributed by atoms with van der Waals surface area (Å²) >= 11 is 0. The molecule has 0 spiro atoms. The van der Waals surface area contributed by atoms with Crippen LogP contribution in [0.25, 0.3) is 0 Å². The number of ether oxygens (including phenoxy) is 1. The summed E-state index contributed by atoms with van der Waals surface area (Å²) in [7, 11) is 0. The van der Waals surface area contributed by atoms with Gasteiger partial charge in [-0.3, -0.25) is 0 Å². The van der Waals surface area contributed by atoms with Crippen LogP contribution >= 0.6 is 0 Å². The van der Waals surface area contributed by atoms with Gasteiger partial charge in [0.2, 0.25) is 0 Å². The molecule has 2 rings (SSSR count). The molecule has 0 unspecified atom stereocenters.